The second-order valence-corrected chi connectivity index (χ2v) is 6.50. The lowest BCUT2D eigenvalue weighted by Crippen LogP contribution is -2.33. The Morgan fingerprint density at radius 1 is 1.29 bits per heavy atom. The quantitative estimate of drug-likeness (QED) is 0.533. The first-order chi connectivity index (χ1) is 10.1. The summed E-state index contributed by atoms with van der Waals surface area (Å²) in [6.45, 7) is 1.15. The smallest absolute Gasteiger partial charge is 0.234 e. The minimum Gasteiger partial charge on any atom is -0.355 e. The van der Waals surface area contributed by atoms with Gasteiger partial charge in [0.15, 0.2) is 0 Å². The van der Waals surface area contributed by atoms with Crippen LogP contribution in [0, 0.1) is 0 Å². The molecule has 2 N–H and O–H groups in total. The number of carbonyl (C=O) groups is 1. The van der Waals surface area contributed by atoms with Crippen LogP contribution in [0.4, 0.5) is 0 Å². The number of nitrogens with zero attached hydrogens (tertiary/aromatic N) is 1. The molecule has 0 bridgehead atoms. The van der Waals surface area contributed by atoms with E-state index in [0.717, 1.165) is 25.0 Å². The van der Waals surface area contributed by atoms with Crippen LogP contribution >= 0.6 is 11.8 Å². The zero-order valence-corrected chi connectivity index (χ0v) is 13.8. The van der Waals surface area contributed by atoms with E-state index >= 15 is 0 Å². The van der Waals surface area contributed by atoms with Crippen molar-refractivity contribution in [3.05, 3.63) is 30.3 Å². The van der Waals surface area contributed by atoms with Gasteiger partial charge in [-0.1, -0.05) is 24.6 Å². The van der Waals surface area contributed by atoms with Gasteiger partial charge in [0, 0.05) is 23.2 Å². The van der Waals surface area contributed by atoms with E-state index in [9.17, 15) is 4.79 Å². The largest absolute Gasteiger partial charge is 0.355 e. The van der Waals surface area contributed by atoms with Crippen LogP contribution in [0.2, 0.25) is 0 Å². The van der Waals surface area contributed by atoms with Gasteiger partial charge in [-0.3, -0.25) is 10.5 Å². The molecule has 21 heavy (non-hydrogen) atoms. The Balaban J connectivity index is 2.01. The minimum atomic E-state index is -0.0346. The summed E-state index contributed by atoms with van der Waals surface area (Å²) in [4.78, 5) is 14.5. The Morgan fingerprint density at radius 3 is 2.67 bits per heavy atom. The third kappa shape index (κ3) is 9.50. The summed E-state index contributed by atoms with van der Waals surface area (Å²) in [5.74, 6) is 0.902. The number of hydrogen-bond donors (Lipinski definition) is 1. The Hall–Kier alpha value is -1.04. The second kappa shape index (κ2) is 10.7. The number of amides is 1. The van der Waals surface area contributed by atoms with E-state index in [0.29, 0.717) is 13.1 Å². The number of unbranched alkanes of at least 4 members (excludes halogenated alkanes) is 1. The SMILES string of the molecule is CN(C)CC(=O)NCCCCC([NH])CSc1ccccc1. The molecule has 117 valence electrons. The average molecular weight is 308 g/mol. The molecule has 1 rings (SSSR count). The molecule has 0 aliphatic carbocycles. The van der Waals surface area contributed by atoms with Gasteiger partial charge in [-0.05, 0) is 39.1 Å². The van der Waals surface area contributed by atoms with Crippen molar-refractivity contribution in [2.45, 2.75) is 30.2 Å². The van der Waals surface area contributed by atoms with Crippen molar-refractivity contribution in [1.29, 1.82) is 0 Å². The van der Waals surface area contributed by atoms with Crippen molar-refractivity contribution >= 4 is 17.7 Å². The van der Waals surface area contributed by atoms with Crippen molar-refractivity contribution in [3.63, 3.8) is 0 Å². The maximum atomic E-state index is 11.4. The Morgan fingerprint density at radius 2 is 2.00 bits per heavy atom. The topological polar surface area (TPSA) is 56.1 Å². The zero-order valence-electron chi connectivity index (χ0n) is 13.0. The summed E-state index contributed by atoms with van der Waals surface area (Å²) in [5, 5.41) is 2.90. The maximum absolute atomic E-state index is 11.4. The molecular formula is C16H26N3OS. The molecule has 5 heteroatoms. The van der Waals surface area contributed by atoms with E-state index in [2.05, 4.69) is 17.4 Å². The van der Waals surface area contributed by atoms with Crippen LogP contribution in [0.1, 0.15) is 19.3 Å². The van der Waals surface area contributed by atoms with Gasteiger partial charge in [0.2, 0.25) is 5.91 Å². The molecule has 0 saturated carbocycles. The highest BCUT2D eigenvalue weighted by molar-refractivity contribution is 7.99. The first kappa shape index (κ1) is 18.0. The van der Waals surface area contributed by atoms with Gasteiger partial charge >= 0.3 is 0 Å². The van der Waals surface area contributed by atoms with E-state index in [1.165, 1.54) is 4.90 Å². The number of thioether (sulfide) groups is 1. The fraction of sp³-hybridized carbons (Fsp3) is 0.562. The van der Waals surface area contributed by atoms with Crippen molar-refractivity contribution < 1.29 is 4.79 Å². The van der Waals surface area contributed by atoms with E-state index < -0.39 is 0 Å². The van der Waals surface area contributed by atoms with Crippen molar-refractivity contribution in [3.8, 4) is 0 Å². The lowest BCUT2D eigenvalue weighted by molar-refractivity contribution is -0.121. The van der Waals surface area contributed by atoms with Gasteiger partial charge in [0.05, 0.1) is 6.54 Å². The first-order valence-corrected chi connectivity index (χ1v) is 8.37. The third-order valence-corrected chi connectivity index (χ3v) is 4.13. The number of likely N-dealkylation sites (N-methyl/N-ethyl adjacent to an activating group) is 1. The van der Waals surface area contributed by atoms with Gasteiger partial charge in [-0.2, -0.15) is 0 Å². The summed E-state index contributed by atoms with van der Waals surface area (Å²) in [6, 6.07) is 10.2. The van der Waals surface area contributed by atoms with Crippen LogP contribution in [-0.4, -0.2) is 49.8 Å². The number of rotatable bonds is 10. The van der Waals surface area contributed by atoms with Gasteiger partial charge in [-0.15, -0.1) is 11.8 Å². The van der Waals surface area contributed by atoms with Crippen LogP contribution in [0.25, 0.3) is 0 Å². The molecule has 0 aromatic heterocycles. The standard InChI is InChI=1S/C16H26N3OS/c1-19(2)12-16(20)18-11-7-6-8-14(17)13-21-15-9-4-3-5-10-15/h3-5,9-10,14,17H,6-8,11-13H2,1-2H3,(H,18,20). The predicted molar refractivity (Wildman–Crippen MR) is 89.5 cm³/mol. The van der Waals surface area contributed by atoms with Crippen LogP contribution in [-0.2, 0) is 4.79 Å². The Kier molecular flexibility index (Phi) is 9.14. The van der Waals surface area contributed by atoms with E-state index in [-0.39, 0.29) is 11.9 Å². The average Bonchev–Trinajstić information content (AvgIpc) is 2.45. The highest BCUT2D eigenvalue weighted by Gasteiger charge is 2.05. The maximum Gasteiger partial charge on any atom is 0.234 e. The molecule has 0 fully saturated rings. The zero-order chi connectivity index (χ0) is 15.5. The van der Waals surface area contributed by atoms with E-state index in [1.54, 1.807) is 11.8 Å². The van der Waals surface area contributed by atoms with Crippen LogP contribution in [0.15, 0.2) is 35.2 Å². The minimum absolute atomic E-state index is 0.0346. The number of nitrogens with one attached hydrogen (secondary N) is 2. The number of carbonyl (C=O) groups excluding carboxylic acids is 1. The lowest BCUT2D eigenvalue weighted by atomic mass is 10.1. The van der Waals surface area contributed by atoms with E-state index in [4.69, 9.17) is 5.73 Å². The van der Waals surface area contributed by atoms with Crippen molar-refractivity contribution in [2.75, 3.05) is 32.9 Å². The third-order valence-electron chi connectivity index (χ3n) is 2.96. The van der Waals surface area contributed by atoms with Crippen LogP contribution in [0.3, 0.4) is 0 Å². The highest BCUT2D eigenvalue weighted by atomic mass is 32.2. The fourth-order valence-corrected chi connectivity index (χ4v) is 2.79. The van der Waals surface area contributed by atoms with Crippen LogP contribution in [0.5, 0.6) is 0 Å². The summed E-state index contributed by atoms with van der Waals surface area (Å²) in [7, 11) is 3.77. The fourth-order valence-electron chi connectivity index (χ4n) is 1.88. The normalized spacial score (nSPS) is 12.4. The van der Waals surface area contributed by atoms with Crippen LogP contribution < -0.4 is 11.1 Å². The Bertz CT molecular complexity index is 398. The molecular weight excluding hydrogens is 282 g/mol. The molecule has 0 aliphatic heterocycles. The highest BCUT2D eigenvalue weighted by Crippen LogP contribution is 2.19. The summed E-state index contributed by atoms with van der Waals surface area (Å²) in [6.07, 6.45) is 2.83. The molecule has 0 heterocycles. The summed E-state index contributed by atoms with van der Waals surface area (Å²) < 4.78 is 0. The molecule has 1 radical (unpaired) electrons. The lowest BCUT2D eigenvalue weighted by Gasteiger charge is -2.11. The molecule has 1 atom stereocenters. The molecule has 4 nitrogen and oxygen atoms in total. The predicted octanol–water partition coefficient (Wildman–Crippen LogP) is 2.28. The molecule has 0 aliphatic rings. The van der Waals surface area contributed by atoms with Gasteiger partial charge in [0.25, 0.3) is 0 Å². The first-order valence-electron chi connectivity index (χ1n) is 7.38. The van der Waals surface area contributed by atoms with Gasteiger partial charge < -0.3 is 10.2 Å². The van der Waals surface area contributed by atoms with Crippen molar-refractivity contribution in [1.82, 2.24) is 16.0 Å². The second-order valence-electron chi connectivity index (χ2n) is 5.40. The number of hydrogen-bond acceptors (Lipinski definition) is 3. The molecule has 1 unspecified atom stereocenters. The Labute approximate surface area is 132 Å². The number of benzene rings is 1. The molecule has 1 aromatic rings. The van der Waals surface area contributed by atoms with Gasteiger partial charge in [-0.25, -0.2) is 0 Å². The molecule has 0 spiro atoms. The molecule has 0 saturated heterocycles. The summed E-state index contributed by atoms with van der Waals surface area (Å²) >= 11 is 1.74. The molecule has 1 amide bonds. The monoisotopic (exact) mass is 308 g/mol. The molecule has 1 aromatic carbocycles. The van der Waals surface area contributed by atoms with Crippen molar-refractivity contribution in [2.24, 2.45) is 0 Å². The van der Waals surface area contributed by atoms with Gasteiger partial charge in [0.1, 0.15) is 0 Å². The summed E-state index contributed by atoms with van der Waals surface area (Å²) in [5.41, 5.74) is 8.02. The van der Waals surface area contributed by atoms with E-state index in [1.807, 2.05) is 37.2 Å².